The van der Waals surface area contributed by atoms with Crippen molar-refractivity contribution in [3.63, 3.8) is 0 Å². The van der Waals surface area contributed by atoms with Crippen LogP contribution in [0.3, 0.4) is 0 Å². The van der Waals surface area contributed by atoms with Gasteiger partial charge in [0.15, 0.2) is 0 Å². The van der Waals surface area contributed by atoms with Gasteiger partial charge in [-0.15, -0.1) is 11.3 Å². The first-order valence-electron chi connectivity index (χ1n) is 4.90. The molecular formula is C12H11Br2NS. The molecule has 2 aromatic rings. The molecule has 0 radical (unpaired) electrons. The fourth-order valence-corrected chi connectivity index (χ4v) is 3.55. The lowest BCUT2D eigenvalue weighted by atomic mass is 10.2. The van der Waals surface area contributed by atoms with Crippen molar-refractivity contribution in [1.82, 2.24) is 0 Å². The Labute approximate surface area is 116 Å². The predicted octanol–water partition coefficient (Wildman–Crippen LogP) is 5.19. The number of hydrogen-bond donors (Lipinski definition) is 1. The topological polar surface area (TPSA) is 12.0 Å². The van der Waals surface area contributed by atoms with Gasteiger partial charge in [-0.3, -0.25) is 0 Å². The summed E-state index contributed by atoms with van der Waals surface area (Å²) in [5.41, 5.74) is 2.47. The molecule has 2 rings (SSSR count). The van der Waals surface area contributed by atoms with Crippen LogP contribution in [0.25, 0.3) is 0 Å². The second-order valence-electron chi connectivity index (χ2n) is 3.50. The zero-order valence-corrected chi connectivity index (χ0v) is 12.7. The molecule has 1 aromatic heterocycles. The van der Waals surface area contributed by atoms with Crippen molar-refractivity contribution in [3.8, 4) is 0 Å². The van der Waals surface area contributed by atoms with E-state index in [1.807, 2.05) is 0 Å². The van der Waals surface area contributed by atoms with E-state index >= 15 is 0 Å². The van der Waals surface area contributed by atoms with Gasteiger partial charge in [0, 0.05) is 21.6 Å². The van der Waals surface area contributed by atoms with Crippen LogP contribution in [-0.4, -0.2) is 0 Å². The number of rotatable bonds is 3. The molecule has 16 heavy (non-hydrogen) atoms. The molecule has 84 valence electrons. The van der Waals surface area contributed by atoms with Crippen molar-refractivity contribution in [1.29, 1.82) is 0 Å². The minimum Gasteiger partial charge on any atom is -0.380 e. The average Bonchev–Trinajstić information content (AvgIpc) is 2.57. The molecule has 0 unspecified atom stereocenters. The molecule has 0 aliphatic carbocycles. The van der Waals surface area contributed by atoms with Gasteiger partial charge in [0.1, 0.15) is 0 Å². The van der Waals surface area contributed by atoms with Gasteiger partial charge in [0.05, 0.1) is 3.79 Å². The standard InChI is InChI=1S/C12H11Br2NS/c1-8-4-2-3-5-11(8)15-7-9-6-10(13)12(14)16-9/h2-6,15H,7H2,1H3. The molecule has 0 aliphatic rings. The summed E-state index contributed by atoms with van der Waals surface area (Å²) in [6.45, 7) is 2.97. The molecule has 0 saturated heterocycles. The van der Waals surface area contributed by atoms with Crippen LogP contribution in [0, 0.1) is 6.92 Å². The smallest absolute Gasteiger partial charge is 0.0843 e. The van der Waals surface area contributed by atoms with E-state index in [9.17, 15) is 0 Å². The third kappa shape index (κ3) is 2.87. The number of anilines is 1. The lowest BCUT2D eigenvalue weighted by Crippen LogP contribution is -1.98. The van der Waals surface area contributed by atoms with Gasteiger partial charge in [0.25, 0.3) is 0 Å². The Kier molecular flexibility index (Phi) is 4.05. The van der Waals surface area contributed by atoms with Gasteiger partial charge >= 0.3 is 0 Å². The maximum Gasteiger partial charge on any atom is 0.0843 e. The fraction of sp³-hybridized carbons (Fsp3) is 0.167. The number of benzene rings is 1. The van der Waals surface area contributed by atoms with Gasteiger partial charge in [-0.05, 0) is 56.5 Å². The third-order valence-electron chi connectivity index (χ3n) is 2.29. The van der Waals surface area contributed by atoms with Crippen molar-refractivity contribution in [2.24, 2.45) is 0 Å². The Morgan fingerprint density at radius 2 is 2.00 bits per heavy atom. The summed E-state index contributed by atoms with van der Waals surface area (Å²) in [5, 5.41) is 3.44. The Morgan fingerprint density at radius 3 is 2.62 bits per heavy atom. The van der Waals surface area contributed by atoms with Crippen molar-refractivity contribution < 1.29 is 0 Å². The Balaban J connectivity index is 2.05. The SMILES string of the molecule is Cc1ccccc1NCc1cc(Br)c(Br)s1. The molecule has 1 nitrogen and oxygen atoms in total. The first-order valence-corrected chi connectivity index (χ1v) is 7.30. The lowest BCUT2D eigenvalue weighted by molar-refractivity contribution is 1.18. The van der Waals surface area contributed by atoms with Crippen molar-refractivity contribution in [2.75, 3.05) is 5.32 Å². The van der Waals surface area contributed by atoms with E-state index in [0.717, 1.165) is 14.8 Å². The Bertz CT molecular complexity index is 474. The van der Waals surface area contributed by atoms with E-state index in [-0.39, 0.29) is 0 Å². The molecule has 0 atom stereocenters. The van der Waals surface area contributed by atoms with Crippen LogP contribution in [0.2, 0.25) is 0 Å². The molecule has 1 heterocycles. The summed E-state index contributed by atoms with van der Waals surface area (Å²) in [6.07, 6.45) is 0. The van der Waals surface area contributed by atoms with Crippen molar-refractivity contribution in [2.45, 2.75) is 13.5 Å². The van der Waals surface area contributed by atoms with Gasteiger partial charge in [-0.2, -0.15) is 0 Å². The number of thiophene rings is 1. The van der Waals surface area contributed by atoms with Crippen LogP contribution < -0.4 is 5.32 Å². The minimum atomic E-state index is 0.861. The highest BCUT2D eigenvalue weighted by Gasteiger charge is 2.04. The Hall–Kier alpha value is -0.320. The van der Waals surface area contributed by atoms with Crippen LogP contribution in [0.1, 0.15) is 10.4 Å². The van der Waals surface area contributed by atoms with Crippen LogP contribution in [0.15, 0.2) is 38.6 Å². The second kappa shape index (κ2) is 5.34. The first kappa shape index (κ1) is 12.1. The van der Waals surface area contributed by atoms with Crippen LogP contribution in [-0.2, 0) is 6.54 Å². The van der Waals surface area contributed by atoms with Crippen molar-refractivity contribution in [3.05, 3.63) is 49.0 Å². The molecule has 0 spiro atoms. The van der Waals surface area contributed by atoms with Gasteiger partial charge < -0.3 is 5.32 Å². The van der Waals surface area contributed by atoms with Crippen LogP contribution >= 0.6 is 43.2 Å². The molecule has 0 bridgehead atoms. The maximum atomic E-state index is 3.50. The van der Waals surface area contributed by atoms with Gasteiger partial charge in [-0.25, -0.2) is 0 Å². The van der Waals surface area contributed by atoms with E-state index in [1.54, 1.807) is 11.3 Å². The molecular weight excluding hydrogens is 350 g/mol. The van der Waals surface area contributed by atoms with E-state index in [0.29, 0.717) is 0 Å². The summed E-state index contributed by atoms with van der Waals surface area (Å²) in [7, 11) is 0. The predicted molar refractivity (Wildman–Crippen MR) is 78.2 cm³/mol. The zero-order chi connectivity index (χ0) is 11.5. The number of para-hydroxylation sites is 1. The molecule has 1 N–H and O–H groups in total. The first-order chi connectivity index (χ1) is 7.66. The second-order valence-corrected chi connectivity index (χ2v) is 6.81. The van der Waals surface area contributed by atoms with Crippen LogP contribution in [0.5, 0.6) is 0 Å². The summed E-state index contributed by atoms with van der Waals surface area (Å²) >= 11 is 8.74. The van der Waals surface area contributed by atoms with Gasteiger partial charge in [0.2, 0.25) is 0 Å². The summed E-state index contributed by atoms with van der Waals surface area (Å²) in [5.74, 6) is 0. The van der Waals surface area contributed by atoms with E-state index < -0.39 is 0 Å². The highest BCUT2D eigenvalue weighted by atomic mass is 79.9. The Morgan fingerprint density at radius 1 is 1.25 bits per heavy atom. The van der Waals surface area contributed by atoms with E-state index in [2.05, 4.69) is 74.4 Å². The van der Waals surface area contributed by atoms with Crippen LogP contribution in [0.4, 0.5) is 5.69 Å². The zero-order valence-electron chi connectivity index (χ0n) is 8.76. The molecule has 0 amide bonds. The van der Waals surface area contributed by atoms with E-state index in [1.165, 1.54) is 16.1 Å². The molecule has 0 fully saturated rings. The summed E-state index contributed by atoms with van der Waals surface area (Å²) < 4.78 is 2.27. The fourth-order valence-electron chi connectivity index (χ4n) is 1.43. The molecule has 4 heteroatoms. The monoisotopic (exact) mass is 359 g/mol. The number of halogens is 2. The number of aryl methyl sites for hydroxylation is 1. The largest absolute Gasteiger partial charge is 0.380 e. The summed E-state index contributed by atoms with van der Waals surface area (Å²) in [4.78, 5) is 1.31. The minimum absolute atomic E-state index is 0.861. The van der Waals surface area contributed by atoms with E-state index in [4.69, 9.17) is 0 Å². The van der Waals surface area contributed by atoms with Crippen molar-refractivity contribution >= 4 is 48.9 Å². The average molecular weight is 361 g/mol. The van der Waals surface area contributed by atoms with Gasteiger partial charge in [-0.1, -0.05) is 18.2 Å². The quantitative estimate of drug-likeness (QED) is 0.793. The lowest BCUT2D eigenvalue weighted by Gasteiger charge is -2.07. The number of nitrogens with one attached hydrogen (secondary N) is 1. The third-order valence-corrected chi connectivity index (χ3v) is 5.55. The molecule has 1 aromatic carbocycles. The normalized spacial score (nSPS) is 10.4. The summed E-state index contributed by atoms with van der Waals surface area (Å²) in [6, 6.07) is 10.5. The molecule has 0 aliphatic heterocycles. The highest BCUT2D eigenvalue weighted by Crippen LogP contribution is 2.32. The highest BCUT2D eigenvalue weighted by molar-refractivity contribution is 9.13. The number of hydrogen-bond acceptors (Lipinski definition) is 2. The maximum absolute atomic E-state index is 3.50. The molecule has 0 saturated carbocycles.